The first-order valence-electron chi connectivity index (χ1n) is 8.48. The van der Waals surface area contributed by atoms with Crippen molar-refractivity contribution in [3.63, 3.8) is 0 Å². The summed E-state index contributed by atoms with van der Waals surface area (Å²) in [5, 5.41) is 0. The van der Waals surface area contributed by atoms with E-state index in [2.05, 4.69) is 9.71 Å². The zero-order valence-corrected chi connectivity index (χ0v) is 15.7. The van der Waals surface area contributed by atoms with E-state index < -0.39 is 10.0 Å². The van der Waals surface area contributed by atoms with Crippen LogP contribution < -0.4 is 14.2 Å². The van der Waals surface area contributed by atoms with E-state index in [1.54, 1.807) is 25.5 Å². The van der Waals surface area contributed by atoms with E-state index in [4.69, 9.17) is 9.47 Å². The molecule has 1 aromatic carbocycles. The van der Waals surface area contributed by atoms with Crippen molar-refractivity contribution in [1.29, 1.82) is 0 Å². The van der Waals surface area contributed by atoms with Gasteiger partial charge in [0, 0.05) is 32.1 Å². The molecule has 0 radical (unpaired) electrons. The molecular formula is C18H21N3O5S. The number of hydrogen-bond acceptors (Lipinski definition) is 6. The summed E-state index contributed by atoms with van der Waals surface area (Å²) in [6, 6.07) is 8.12. The molecule has 3 rings (SSSR count). The lowest BCUT2D eigenvalue weighted by atomic mass is 10.2. The Morgan fingerprint density at radius 1 is 1.15 bits per heavy atom. The van der Waals surface area contributed by atoms with Crippen molar-refractivity contribution in [2.24, 2.45) is 0 Å². The third-order valence-corrected chi connectivity index (χ3v) is 5.55. The molecule has 0 spiro atoms. The fraction of sp³-hybridized carbons (Fsp3) is 0.333. The van der Waals surface area contributed by atoms with E-state index in [0.29, 0.717) is 37.7 Å². The molecule has 0 fully saturated rings. The van der Waals surface area contributed by atoms with Crippen LogP contribution in [0.4, 0.5) is 0 Å². The highest BCUT2D eigenvalue weighted by atomic mass is 32.2. The first kappa shape index (κ1) is 19.1. The number of amides is 1. The smallest absolute Gasteiger partial charge is 0.241 e. The van der Waals surface area contributed by atoms with Gasteiger partial charge in [-0.25, -0.2) is 13.1 Å². The molecule has 0 aliphatic carbocycles. The summed E-state index contributed by atoms with van der Waals surface area (Å²) in [5.74, 6) is 0.571. The highest BCUT2D eigenvalue weighted by Gasteiger charge is 2.21. The van der Waals surface area contributed by atoms with Crippen LogP contribution in [0.25, 0.3) is 0 Å². The van der Waals surface area contributed by atoms with E-state index >= 15 is 0 Å². The number of aromatic nitrogens is 1. The summed E-state index contributed by atoms with van der Waals surface area (Å²) in [4.78, 5) is 17.7. The lowest BCUT2D eigenvalue weighted by molar-refractivity contribution is -0.128. The Labute approximate surface area is 158 Å². The number of carbonyl (C=O) groups is 1. The van der Waals surface area contributed by atoms with E-state index in [1.807, 2.05) is 12.1 Å². The van der Waals surface area contributed by atoms with Gasteiger partial charge in [0.2, 0.25) is 15.9 Å². The molecule has 0 saturated carbocycles. The molecule has 2 aromatic rings. The third-order valence-electron chi connectivity index (χ3n) is 4.15. The lowest BCUT2D eigenvalue weighted by Crippen LogP contribution is -2.39. The number of hydrogen-bond donors (Lipinski definition) is 1. The van der Waals surface area contributed by atoms with Crippen molar-refractivity contribution >= 4 is 15.9 Å². The summed E-state index contributed by atoms with van der Waals surface area (Å²) in [7, 11) is -2.19. The van der Waals surface area contributed by atoms with Gasteiger partial charge in [-0.05, 0) is 36.2 Å². The van der Waals surface area contributed by atoms with Crippen LogP contribution in [0.3, 0.4) is 0 Å². The van der Waals surface area contributed by atoms with Crippen molar-refractivity contribution in [2.75, 3.05) is 33.4 Å². The molecular weight excluding hydrogens is 370 g/mol. The summed E-state index contributed by atoms with van der Waals surface area (Å²) in [5.41, 5.74) is 1.06. The fourth-order valence-electron chi connectivity index (χ4n) is 2.54. The molecule has 0 saturated heterocycles. The lowest BCUT2D eigenvalue weighted by Gasteiger charge is -2.19. The van der Waals surface area contributed by atoms with E-state index in [0.717, 1.165) is 5.56 Å². The fourth-order valence-corrected chi connectivity index (χ4v) is 3.53. The second-order valence-electron chi connectivity index (χ2n) is 6.05. The zero-order chi connectivity index (χ0) is 19.3. The van der Waals surface area contributed by atoms with E-state index in [-0.39, 0.29) is 17.3 Å². The van der Waals surface area contributed by atoms with Gasteiger partial charge in [0.15, 0.2) is 11.5 Å². The average Bonchev–Trinajstić information content (AvgIpc) is 2.70. The molecule has 8 nitrogen and oxygen atoms in total. The molecule has 27 heavy (non-hydrogen) atoms. The van der Waals surface area contributed by atoms with Gasteiger partial charge in [-0.3, -0.25) is 9.78 Å². The number of carbonyl (C=O) groups excluding carboxylic acids is 1. The third kappa shape index (κ3) is 4.95. The van der Waals surface area contributed by atoms with Gasteiger partial charge >= 0.3 is 0 Å². The summed E-state index contributed by atoms with van der Waals surface area (Å²) >= 11 is 0. The maximum atomic E-state index is 12.4. The molecule has 2 heterocycles. The molecule has 1 aromatic heterocycles. The molecule has 0 unspecified atom stereocenters. The number of ether oxygens (including phenoxy) is 2. The van der Waals surface area contributed by atoms with Crippen molar-refractivity contribution in [2.45, 2.75) is 11.3 Å². The van der Waals surface area contributed by atoms with Crippen molar-refractivity contribution < 1.29 is 22.7 Å². The first-order chi connectivity index (χ1) is 13.0. The van der Waals surface area contributed by atoms with Crippen LogP contribution in [0.15, 0.2) is 47.6 Å². The standard InChI is InChI=1S/C18H21N3O5S/c1-21(9-6-14-4-7-19-8-5-14)18(22)13-20-27(23,24)15-2-3-16-17(12-15)26-11-10-25-16/h2-5,7-8,12,20H,6,9-11,13H2,1H3. The van der Waals surface area contributed by atoms with E-state index in [9.17, 15) is 13.2 Å². The maximum absolute atomic E-state index is 12.4. The van der Waals surface area contributed by atoms with Crippen LogP contribution in [-0.4, -0.2) is 57.6 Å². The monoisotopic (exact) mass is 391 g/mol. The number of nitrogens with one attached hydrogen (secondary N) is 1. The highest BCUT2D eigenvalue weighted by Crippen LogP contribution is 2.32. The van der Waals surface area contributed by atoms with Crippen LogP contribution in [0.1, 0.15) is 5.56 Å². The molecule has 1 amide bonds. The van der Waals surface area contributed by atoms with Crippen LogP contribution in [-0.2, 0) is 21.2 Å². The van der Waals surface area contributed by atoms with Gasteiger partial charge in [0.25, 0.3) is 0 Å². The Kier molecular flexibility index (Phi) is 5.92. The predicted octanol–water partition coefficient (Wildman–Crippen LogP) is 0.832. The topological polar surface area (TPSA) is 97.8 Å². The van der Waals surface area contributed by atoms with Gasteiger partial charge in [0.05, 0.1) is 11.4 Å². The molecule has 0 atom stereocenters. The second-order valence-corrected chi connectivity index (χ2v) is 7.82. The maximum Gasteiger partial charge on any atom is 0.241 e. The first-order valence-corrected chi connectivity index (χ1v) is 9.96. The average molecular weight is 391 g/mol. The normalized spacial score (nSPS) is 13.2. The van der Waals surface area contributed by atoms with E-state index in [1.165, 1.54) is 17.0 Å². The minimum absolute atomic E-state index is 0.0268. The quantitative estimate of drug-likeness (QED) is 0.751. The largest absolute Gasteiger partial charge is 0.486 e. The van der Waals surface area contributed by atoms with Gasteiger partial charge < -0.3 is 14.4 Å². The molecule has 1 aliphatic heterocycles. The van der Waals surface area contributed by atoms with Crippen molar-refractivity contribution in [3.05, 3.63) is 48.3 Å². The predicted molar refractivity (Wildman–Crippen MR) is 98.2 cm³/mol. The number of pyridine rings is 1. The van der Waals surface area contributed by atoms with Gasteiger partial charge in [-0.15, -0.1) is 0 Å². The van der Waals surface area contributed by atoms with Crippen molar-refractivity contribution in [3.8, 4) is 11.5 Å². The number of benzene rings is 1. The van der Waals surface area contributed by atoms with Crippen LogP contribution in [0, 0.1) is 0 Å². The number of nitrogens with zero attached hydrogens (tertiary/aromatic N) is 2. The van der Waals surface area contributed by atoms with Gasteiger partial charge in [-0.1, -0.05) is 0 Å². The molecule has 1 N–H and O–H groups in total. The number of sulfonamides is 1. The zero-order valence-electron chi connectivity index (χ0n) is 14.9. The van der Waals surface area contributed by atoms with Crippen LogP contribution in [0.5, 0.6) is 11.5 Å². The molecule has 9 heteroatoms. The van der Waals surface area contributed by atoms with Gasteiger partial charge in [0.1, 0.15) is 13.2 Å². The minimum atomic E-state index is -3.83. The number of rotatable bonds is 7. The highest BCUT2D eigenvalue weighted by molar-refractivity contribution is 7.89. The molecule has 0 bridgehead atoms. The summed E-state index contributed by atoms with van der Waals surface area (Å²) in [6.45, 7) is 0.959. The summed E-state index contributed by atoms with van der Waals surface area (Å²) in [6.07, 6.45) is 4.05. The molecule has 1 aliphatic rings. The Morgan fingerprint density at radius 3 is 2.59 bits per heavy atom. The number of likely N-dealkylation sites (N-methyl/N-ethyl adjacent to an activating group) is 1. The van der Waals surface area contributed by atoms with Crippen molar-refractivity contribution in [1.82, 2.24) is 14.6 Å². The van der Waals surface area contributed by atoms with Gasteiger partial charge in [-0.2, -0.15) is 0 Å². The SMILES string of the molecule is CN(CCc1ccncc1)C(=O)CNS(=O)(=O)c1ccc2c(c1)OCCO2. The Balaban J connectivity index is 1.55. The Bertz CT molecular complexity index is 902. The van der Waals surface area contributed by atoms with Crippen LogP contribution in [0.2, 0.25) is 0 Å². The number of fused-ring (bicyclic) bond motifs is 1. The Hall–Kier alpha value is -2.65. The second kappa shape index (κ2) is 8.36. The van der Waals surface area contributed by atoms with Crippen LogP contribution >= 0.6 is 0 Å². The minimum Gasteiger partial charge on any atom is -0.486 e. The molecule has 144 valence electrons. The summed E-state index contributed by atoms with van der Waals surface area (Å²) < 4.78 is 38.0. The Morgan fingerprint density at radius 2 is 1.85 bits per heavy atom.